The maximum atomic E-state index is 13.6. The van der Waals surface area contributed by atoms with E-state index < -0.39 is 21.9 Å². The molecule has 0 aliphatic heterocycles. The van der Waals surface area contributed by atoms with Gasteiger partial charge in [-0.25, -0.2) is 17.5 Å². The quantitative estimate of drug-likeness (QED) is 0.689. The van der Waals surface area contributed by atoms with Crippen molar-refractivity contribution in [3.8, 4) is 0 Å². The zero-order valence-corrected chi connectivity index (χ0v) is 13.7. The van der Waals surface area contributed by atoms with Crippen molar-refractivity contribution in [3.05, 3.63) is 35.6 Å². The predicted molar refractivity (Wildman–Crippen MR) is 84.1 cm³/mol. The van der Waals surface area contributed by atoms with Gasteiger partial charge >= 0.3 is 0 Å². The highest BCUT2D eigenvalue weighted by molar-refractivity contribution is 7.89. The van der Waals surface area contributed by atoms with Gasteiger partial charge < -0.3 is 5.32 Å². The monoisotopic (exact) mass is 316 g/mol. The molecule has 1 aromatic rings. The second-order valence-corrected chi connectivity index (χ2v) is 7.37. The summed E-state index contributed by atoms with van der Waals surface area (Å²) in [5.41, 5.74) is 0.363. The molecule has 0 spiro atoms. The van der Waals surface area contributed by atoms with Gasteiger partial charge in [0.05, 0.1) is 5.75 Å². The van der Waals surface area contributed by atoms with Gasteiger partial charge in [0.25, 0.3) is 0 Å². The molecule has 0 saturated carbocycles. The average Bonchev–Trinajstić information content (AvgIpc) is 2.37. The fourth-order valence-electron chi connectivity index (χ4n) is 2.03. The summed E-state index contributed by atoms with van der Waals surface area (Å²) in [5.74, 6) is -0.334. The van der Waals surface area contributed by atoms with Gasteiger partial charge in [0.1, 0.15) is 5.82 Å². The second kappa shape index (κ2) is 8.46. The lowest BCUT2D eigenvalue weighted by molar-refractivity contribution is 0.541. The first-order valence-electron chi connectivity index (χ1n) is 7.29. The molecule has 0 heterocycles. The Bertz CT molecular complexity index is 532. The van der Waals surface area contributed by atoms with Crippen molar-refractivity contribution in [2.75, 3.05) is 12.3 Å². The molecule has 120 valence electrons. The van der Waals surface area contributed by atoms with Crippen LogP contribution in [-0.4, -0.2) is 26.8 Å². The summed E-state index contributed by atoms with van der Waals surface area (Å²) in [6, 6.07) is 6.04. The Kier molecular flexibility index (Phi) is 7.28. The van der Waals surface area contributed by atoms with Gasteiger partial charge in [-0.1, -0.05) is 32.0 Å². The maximum Gasteiger partial charge on any atom is 0.212 e. The van der Waals surface area contributed by atoms with Crippen LogP contribution in [0, 0.1) is 5.82 Å². The molecular formula is C15H25FN2O2S. The summed E-state index contributed by atoms with van der Waals surface area (Å²) in [7, 11) is -3.39. The van der Waals surface area contributed by atoms with Crippen LogP contribution >= 0.6 is 0 Å². The summed E-state index contributed by atoms with van der Waals surface area (Å²) >= 11 is 0. The molecule has 1 atom stereocenters. The Labute approximate surface area is 127 Å². The van der Waals surface area contributed by atoms with Gasteiger partial charge in [-0.05, 0) is 32.4 Å². The third-order valence-corrected chi connectivity index (χ3v) is 4.66. The Morgan fingerprint density at radius 3 is 2.43 bits per heavy atom. The number of hydrogen-bond acceptors (Lipinski definition) is 3. The SMILES string of the molecule is CC(C)NCCCCS(=O)(=O)NC(C)c1ccccc1F. The average molecular weight is 316 g/mol. The van der Waals surface area contributed by atoms with Crippen LogP contribution in [0.5, 0.6) is 0 Å². The molecule has 1 aromatic carbocycles. The van der Waals surface area contributed by atoms with E-state index >= 15 is 0 Å². The van der Waals surface area contributed by atoms with Crippen molar-refractivity contribution in [2.24, 2.45) is 0 Å². The molecule has 6 heteroatoms. The molecule has 0 bridgehead atoms. The van der Waals surface area contributed by atoms with E-state index in [1.165, 1.54) is 6.07 Å². The van der Waals surface area contributed by atoms with E-state index in [1.54, 1.807) is 25.1 Å². The number of nitrogens with one attached hydrogen (secondary N) is 2. The van der Waals surface area contributed by atoms with Crippen LogP contribution in [0.1, 0.15) is 45.2 Å². The van der Waals surface area contributed by atoms with Crippen molar-refractivity contribution in [1.82, 2.24) is 10.0 Å². The van der Waals surface area contributed by atoms with Crippen LogP contribution in [0.25, 0.3) is 0 Å². The van der Waals surface area contributed by atoms with Crippen molar-refractivity contribution in [2.45, 2.75) is 45.7 Å². The standard InChI is InChI=1S/C15H25FN2O2S/c1-12(2)17-10-6-7-11-21(19,20)18-13(3)14-8-4-5-9-15(14)16/h4-5,8-9,12-13,17-18H,6-7,10-11H2,1-3H3. The number of sulfonamides is 1. The maximum absolute atomic E-state index is 13.6. The fourth-order valence-corrected chi connectivity index (χ4v) is 3.39. The predicted octanol–water partition coefficient (Wildman–Crippen LogP) is 2.58. The van der Waals surface area contributed by atoms with E-state index in [0.29, 0.717) is 18.0 Å². The molecule has 0 fully saturated rings. The van der Waals surface area contributed by atoms with E-state index in [1.807, 2.05) is 13.8 Å². The van der Waals surface area contributed by atoms with E-state index in [4.69, 9.17) is 0 Å². The summed E-state index contributed by atoms with van der Waals surface area (Å²) in [5, 5.41) is 3.24. The van der Waals surface area contributed by atoms with Crippen LogP contribution in [0.3, 0.4) is 0 Å². The normalized spacial score (nSPS) is 13.6. The van der Waals surface area contributed by atoms with E-state index in [2.05, 4.69) is 10.0 Å². The zero-order chi connectivity index (χ0) is 15.9. The van der Waals surface area contributed by atoms with Crippen LogP contribution in [0.4, 0.5) is 4.39 Å². The first kappa shape index (κ1) is 18.1. The number of hydrogen-bond donors (Lipinski definition) is 2. The third-order valence-electron chi connectivity index (χ3n) is 3.12. The molecule has 0 saturated heterocycles. The lowest BCUT2D eigenvalue weighted by atomic mass is 10.1. The van der Waals surface area contributed by atoms with E-state index in [-0.39, 0.29) is 5.75 Å². The minimum Gasteiger partial charge on any atom is -0.315 e. The number of unbranched alkanes of at least 4 members (excludes halogenated alkanes) is 1. The molecule has 1 unspecified atom stereocenters. The Morgan fingerprint density at radius 1 is 1.14 bits per heavy atom. The van der Waals surface area contributed by atoms with Crippen molar-refractivity contribution >= 4 is 10.0 Å². The highest BCUT2D eigenvalue weighted by atomic mass is 32.2. The topological polar surface area (TPSA) is 58.2 Å². The van der Waals surface area contributed by atoms with Crippen molar-refractivity contribution in [3.63, 3.8) is 0 Å². The largest absolute Gasteiger partial charge is 0.315 e. The Hall–Kier alpha value is -0.980. The summed E-state index contributed by atoms with van der Waals surface area (Å²) < 4.78 is 40.1. The van der Waals surface area contributed by atoms with Gasteiger partial charge in [0.15, 0.2) is 0 Å². The minimum atomic E-state index is -3.39. The summed E-state index contributed by atoms with van der Waals surface area (Å²) in [6.45, 7) is 6.55. The molecule has 0 amide bonds. The molecule has 21 heavy (non-hydrogen) atoms. The van der Waals surface area contributed by atoms with Crippen molar-refractivity contribution < 1.29 is 12.8 Å². The molecule has 2 N–H and O–H groups in total. The van der Waals surface area contributed by atoms with Crippen molar-refractivity contribution in [1.29, 1.82) is 0 Å². The van der Waals surface area contributed by atoms with Gasteiger partial charge in [-0.3, -0.25) is 0 Å². The molecule has 0 aromatic heterocycles. The molecule has 0 aliphatic carbocycles. The van der Waals surface area contributed by atoms with E-state index in [9.17, 15) is 12.8 Å². The molecule has 4 nitrogen and oxygen atoms in total. The van der Waals surface area contributed by atoms with Gasteiger partial charge in [-0.15, -0.1) is 0 Å². The number of benzene rings is 1. The lowest BCUT2D eigenvalue weighted by Gasteiger charge is -2.15. The van der Waals surface area contributed by atoms with Gasteiger partial charge in [-0.2, -0.15) is 0 Å². The van der Waals surface area contributed by atoms with Gasteiger partial charge in [0, 0.05) is 17.6 Å². The summed E-state index contributed by atoms with van der Waals surface area (Å²) in [6.07, 6.45) is 1.38. The number of halogens is 1. The van der Waals surface area contributed by atoms with Crippen LogP contribution in [0.15, 0.2) is 24.3 Å². The first-order valence-corrected chi connectivity index (χ1v) is 8.95. The molecule has 0 radical (unpaired) electrons. The summed E-state index contributed by atoms with van der Waals surface area (Å²) in [4.78, 5) is 0. The minimum absolute atomic E-state index is 0.0611. The molecule has 0 aliphatic rings. The van der Waals surface area contributed by atoms with Crippen LogP contribution < -0.4 is 10.0 Å². The fraction of sp³-hybridized carbons (Fsp3) is 0.600. The zero-order valence-electron chi connectivity index (χ0n) is 12.9. The highest BCUT2D eigenvalue weighted by Gasteiger charge is 2.17. The number of rotatable bonds is 9. The second-order valence-electron chi connectivity index (χ2n) is 5.50. The van der Waals surface area contributed by atoms with Gasteiger partial charge in [0.2, 0.25) is 10.0 Å². The first-order chi connectivity index (χ1) is 9.82. The Balaban J connectivity index is 2.43. The smallest absolute Gasteiger partial charge is 0.212 e. The third kappa shape index (κ3) is 7.02. The van der Waals surface area contributed by atoms with E-state index in [0.717, 1.165) is 13.0 Å². The molecular weight excluding hydrogens is 291 g/mol. The lowest BCUT2D eigenvalue weighted by Crippen LogP contribution is -2.30. The van der Waals surface area contributed by atoms with Crippen LogP contribution in [0.2, 0.25) is 0 Å². The van der Waals surface area contributed by atoms with Crippen LogP contribution in [-0.2, 0) is 10.0 Å². The molecule has 1 rings (SSSR count). The highest BCUT2D eigenvalue weighted by Crippen LogP contribution is 2.17. The Morgan fingerprint density at radius 2 is 1.81 bits per heavy atom.